The fourth-order valence-electron chi connectivity index (χ4n) is 1.59. The first kappa shape index (κ1) is 10.9. The molecule has 0 unspecified atom stereocenters. The number of nitrogens with zero attached hydrogens (tertiary/aromatic N) is 1. The van der Waals surface area contributed by atoms with Crippen LogP contribution in [0.2, 0.25) is 0 Å². The zero-order valence-corrected chi connectivity index (χ0v) is 8.85. The van der Waals surface area contributed by atoms with Crippen LogP contribution in [0, 0.1) is 0 Å². The molecule has 0 spiro atoms. The van der Waals surface area contributed by atoms with Crippen molar-refractivity contribution in [2.24, 2.45) is 0 Å². The average Bonchev–Trinajstić information content (AvgIpc) is 2.63. The highest BCUT2D eigenvalue weighted by Gasteiger charge is 2.04. The van der Waals surface area contributed by atoms with Crippen molar-refractivity contribution >= 4 is 10.9 Å². The number of para-hydroxylation sites is 1. The van der Waals surface area contributed by atoms with Crippen LogP contribution in [-0.2, 0) is 11.3 Å². The number of ether oxygens (including phenoxy) is 1. The molecule has 0 amide bonds. The van der Waals surface area contributed by atoms with Gasteiger partial charge in [0.2, 0.25) is 0 Å². The normalized spacial score (nSPS) is 11.1. The van der Waals surface area contributed by atoms with Gasteiger partial charge in [-0.05, 0) is 12.1 Å². The van der Waals surface area contributed by atoms with E-state index < -0.39 is 0 Å². The number of fused-ring (bicyclic) bond motifs is 1. The van der Waals surface area contributed by atoms with Crippen LogP contribution in [0.15, 0.2) is 29.1 Å². The van der Waals surface area contributed by atoms with E-state index in [1.54, 1.807) is 6.07 Å². The molecule has 2 rings (SSSR count). The summed E-state index contributed by atoms with van der Waals surface area (Å²) in [5.74, 6) is 0. The minimum Gasteiger partial charge on any atom is -0.394 e. The van der Waals surface area contributed by atoms with Gasteiger partial charge in [-0.15, -0.1) is 0 Å². The lowest BCUT2D eigenvalue weighted by molar-refractivity contribution is 0.0850. The van der Waals surface area contributed by atoms with E-state index in [0.29, 0.717) is 25.1 Å². The number of hydrogen-bond acceptors (Lipinski definition) is 3. The van der Waals surface area contributed by atoms with Crippen LogP contribution in [0.1, 0.15) is 0 Å². The second-order valence-corrected chi connectivity index (χ2v) is 3.45. The van der Waals surface area contributed by atoms with Crippen molar-refractivity contribution in [1.29, 1.82) is 0 Å². The summed E-state index contributed by atoms with van der Waals surface area (Å²) in [5, 5.41) is 12.2. The Labute approximate surface area is 92.2 Å². The Bertz CT molecular complexity index is 515. The van der Waals surface area contributed by atoms with Crippen LogP contribution in [0.25, 0.3) is 10.9 Å². The number of hydrogen-bond donors (Lipinski definition) is 2. The lowest BCUT2D eigenvalue weighted by Gasteiger charge is -2.02. The number of aromatic amines is 1. The van der Waals surface area contributed by atoms with Crippen molar-refractivity contribution < 1.29 is 9.84 Å². The Kier molecular flexibility index (Phi) is 3.38. The highest BCUT2D eigenvalue weighted by molar-refractivity contribution is 5.77. The first-order valence-corrected chi connectivity index (χ1v) is 5.19. The number of rotatable bonds is 5. The molecule has 5 heteroatoms. The molecular weight excluding hydrogens is 208 g/mol. The maximum absolute atomic E-state index is 11.8. The third kappa shape index (κ3) is 2.15. The molecule has 1 heterocycles. The molecule has 0 atom stereocenters. The zero-order chi connectivity index (χ0) is 11.4. The number of H-pyrrole nitrogens is 1. The smallest absolute Gasteiger partial charge is 0.274 e. The second kappa shape index (κ2) is 4.96. The zero-order valence-electron chi connectivity index (χ0n) is 8.85. The largest absolute Gasteiger partial charge is 0.394 e. The van der Waals surface area contributed by atoms with Gasteiger partial charge < -0.3 is 9.84 Å². The van der Waals surface area contributed by atoms with E-state index >= 15 is 0 Å². The monoisotopic (exact) mass is 222 g/mol. The molecule has 0 aliphatic carbocycles. The summed E-state index contributed by atoms with van der Waals surface area (Å²) in [6.07, 6.45) is 0. The molecule has 0 fully saturated rings. The van der Waals surface area contributed by atoms with Crippen molar-refractivity contribution in [3.05, 3.63) is 34.6 Å². The quantitative estimate of drug-likeness (QED) is 0.717. The average molecular weight is 222 g/mol. The number of aromatic nitrogens is 2. The van der Waals surface area contributed by atoms with Crippen molar-refractivity contribution in [3.8, 4) is 0 Å². The van der Waals surface area contributed by atoms with E-state index in [0.717, 1.165) is 5.52 Å². The molecule has 0 aliphatic heterocycles. The maximum Gasteiger partial charge on any atom is 0.274 e. The first-order chi connectivity index (χ1) is 7.83. The molecule has 0 saturated heterocycles. The van der Waals surface area contributed by atoms with Gasteiger partial charge in [-0.25, -0.2) is 4.68 Å². The fraction of sp³-hybridized carbons (Fsp3) is 0.364. The predicted octanol–water partition coefficient (Wildman–Crippen LogP) is 0.338. The van der Waals surface area contributed by atoms with Crippen molar-refractivity contribution in [2.75, 3.05) is 19.8 Å². The van der Waals surface area contributed by atoms with Crippen LogP contribution in [0.4, 0.5) is 0 Å². The molecule has 2 N–H and O–H groups in total. The van der Waals surface area contributed by atoms with Gasteiger partial charge >= 0.3 is 0 Å². The highest BCUT2D eigenvalue weighted by atomic mass is 16.5. The van der Waals surface area contributed by atoms with Gasteiger partial charge in [0, 0.05) is 0 Å². The summed E-state index contributed by atoms with van der Waals surface area (Å²) >= 11 is 0. The van der Waals surface area contributed by atoms with Gasteiger partial charge in [-0.1, -0.05) is 12.1 Å². The van der Waals surface area contributed by atoms with Gasteiger partial charge in [0.25, 0.3) is 5.56 Å². The minimum absolute atomic E-state index is 0.00159. The molecule has 1 aromatic carbocycles. The number of aliphatic hydroxyl groups is 1. The summed E-state index contributed by atoms with van der Waals surface area (Å²) in [4.78, 5) is 11.8. The first-order valence-electron chi connectivity index (χ1n) is 5.19. The third-order valence-corrected chi connectivity index (χ3v) is 2.35. The van der Waals surface area contributed by atoms with E-state index in [-0.39, 0.29) is 12.2 Å². The summed E-state index contributed by atoms with van der Waals surface area (Å²) in [6.45, 7) is 1.18. The Morgan fingerprint density at radius 3 is 2.88 bits per heavy atom. The summed E-state index contributed by atoms with van der Waals surface area (Å²) in [6, 6.07) is 7.37. The molecular formula is C11H14N2O3. The highest BCUT2D eigenvalue weighted by Crippen LogP contribution is 2.05. The summed E-state index contributed by atoms with van der Waals surface area (Å²) in [7, 11) is 0. The second-order valence-electron chi connectivity index (χ2n) is 3.45. The molecule has 0 radical (unpaired) electrons. The van der Waals surface area contributed by atoms with Crippen LogP contribution in [0.5, 0.6) is 0 Å². The lowest BCUT2D eigenvalue weighted by atomic mass is 10.3. The van der Waals surface area contributed by atoms with Gasteiger partial charge in [0.05, 0.1) is 37.3 Å². The summed E-state index contributed by atoms with van der Waals surface area (Å²) < 4.78 is 6.62. The molecule has 0 aliphatic rings. The Hall–Kier alpha value is -1.59. The molecule has 1 aromatic heterocycles. The van der Waals surface area contributed by atoms with Crippen LogP contribution in [0.3, 0.4) is 0 Å². The Morgan fingerprint density at radius 2 is 2.12 bits per heavy atom. The van der Waals surface area contributed by atoms with Crippen molar-refractivity contribution in [1.82, 2.24) is 9.78 Å². The molecule has 16 heavy (non-hydrogen) atoms. The standard InChI is InChI=1S/C11H14N2O3/c14-6-8-16-7-5-13-11(15)9-3-1-2-4-10(9)12-13/h1-4,12,14H,5-8H2. The number of benzene rings is 1. The van der Waals surface area contributed by atoms with Crippen molar-refractivity contribution in [3.63, 3.8) is 0 Å². The minimum atomic E-state index is -0.0387. The van der Waals surface area contributed by atoms with Crippen LogP contribution in [-0.4, -0.2) is 34.7 Å². The molecule has 5 nitrogen and oxygen atoms in total. The molecule has 2 aromatic rings. The molecule has 0 bridgehead atoms. The van der Waals surface area contributed by atoms with Crippen molar-refractivity contribution in [2.45, 2.75) is 6.54 Å². The van der Waals surface area contributed by atoms with E-state index in [2.05, 4.69) is 5.10 Å². The van der Waals surface area contributed by atoms with Gasteiger partial charge in [0.15, 0.2) is 0 Å². The van der Waals surface area contributed by atoms with E-state index in [9.17, 15) is 4.79 Å². The van der Waals surface area contributed by atoms with Gasteiger partial charge in [-0.3, -0.25) is 9.89 Å². The Balaban J connectivity index is 2.13. The van der Waals surface area contributed by atoms with Gasteiger partial charge in [-0.2, -0.15) is 0 Å². The SMILES string of the molecule is O=c1c2ccccc2[nH]n1CCOCCO. The lowest BCUT2D eigenvalue weighted by Crippen LogP contribution is -2.20. The topological polar surface area (TPSA) is 67.2 Å². The molecule has 86 valence electrons. The van der Waals surface area contributed by atoms with E-state index in [4.69, 9.17) is 9.84 Å². The number of aliphatic hydroxyl groups excluding tert-OH is 1. The Morgan fingerprint density at radius 1 is 1.31 bits per heavy atom. The van der Waals surface area contributed by atoms with E-state index in [1.165, 1.54) is 4.68 Å². The number of nitrogens with one attached hydrogen (secondary N) is 1. The summed E-state index contributed by atoms with van der Waals surface area (Å²) in [5.41, 5.74) is 0.790. The predicted molar refractivity (Wildman–Crippen MR) is 60.5 cm³/mol. The van der Waals surface area contributed by atoms with Crippen LogP contribution >= 0.6 is 0 Å². The van der Waals surface area contributed by atoms with Gasteiger partial charge in [0.1, 0.15) is 0 Å². The molecule has 0 saturated carbocycles. The van der Waals surface area contributed by atoms with Crippen LogP contribution < -0.4 is 5.56 Å². The third-order valence-electron chi connectivity index (χ3n) is 2.35. The fourth-order valence-corrected chi connectivity index (χ4v) is 1.59. The van der Waals surface area contributed by atoms with E-state index in [1.807, 2.05) is 18.2 Å². The maximum atomic E-state index is 11.8.